The SMILES string of the molecule is NCC1=C(C=O)NC=NN1. The zero-order chi connectivity index (χ0) is 7.40. The first kappa shape index (κ1) is 6.76. The van der Waals surface area contributed by atoms with E-state index in [9.17, 15) is 4.79 Å². The Labute approximate surface area is 58.0 Å². The molecule has 0 bridgehead atoms. The molecule has 0 amide bonds. The Morgan fingerprint density at radius 2 is 2.60 bits per heavy atom. The Morgan fingerprint density at radius 1 is 1.80 bits per heavy atom. The minimum absolute atomic E-state index is 0.276. The van der Waals surface area contributed by atoms with Crippen molar-refractivity contribution >= 4 is 12.6 Å². The highest BCUT2D eigenvalue weighted by molar-refractivity contribution is 5.80. The predicted octanol–water partition coefficient (Wildman–Crippen LogP) is -1.51. The number of nitrogens with zero attached hydrogens (tertiary/aromatic N) is 1. The number of hydrogen-bond donors (Lipinski definition) is 3. The summed E-state index contributed by atoms with van der Waals surface area (Å²) < 4.78 is 0. The second kappa shape index (κ2) is 2.98. The van der Waals surface area contributed by atoms with E-state index in [4.69, 9.17) is 5.73 Å². The second-order valence-electron chi connectivity index (χ2n) is 1.73. The van der Waals surface area contributed by atoms with E-state index in [1.54, 1.807) is 0 Å². The Hall–Kier alpha value is -1.36. The molecule has 0 unspecified atom stereocenters. The first-order valence-electron chi connectivity index (χ1n) is 2.81. The van der Waals surface area contributed by atoms with E-state index in [2.05, 4.69) is 15.8 Å². The average molecular weight is 140 g/mol. The van der Waals surface area contributed by atoms with Crippen LogP contribution in [0.5, 0.6) is 0 Å². The normalized spacial score (nSPS) is 16.1. The van der Waals surface area contributed by atoms with E-state index in [1.807, 2.05) is 0 Å². The van der Waals surface area contributed by atoms with Crippen LogP contribution in [-0.4, -0.2) is 19.2 Å². The summed E-state index contributed by atoms with van der Waals surface area (Å²) in [7, 11) is 0. The van der Waals surface area contributed by atoms with E-state index < -0.39 is 0 Å². The fourth-order valence-corrected chi connectivity index (χ4v) is 0.620. The number of nitrogens with one attached hydrogen (secondary N) is 2. The molecule has 1 aliphatic heterocycles. The maximum atomic E-state index is 10.3. The van der Waals surface area contributed by atoms with Gasteiger partial charge < -0.3 is 11.1 Å². The van der Waals surface area contributed by atoms with Gasteiger partial charge in [-0.2, -0.15) is 5.10 Å². The van der Waals surface area contributed by atoms with Crippen molar-refractivity contribution in [1.29, 1.82) is 0 Å². The van der Waals surface area contributed by atoms with Gasteiger partial charge >= 0.3 is 0 Å². The van der Waals surface area contributed by atoms with Gasteiger partial charge in [0.2, 0.25) is 0 Å². The molecule has 0 aromatic rings. The van der Waals surface area contributed by atoms with Gasteiger partial charge in [0.25, 0.3) is 0 Å². The van der Waals surface area contributed by atoms with E-state index in [-0.39, 0.29) is 6.54 Å². The standard InChI is InChI=1S/C5H8N4O/c6-1-4-5(2-10)7-3-8-9-4/h2-3,9H,1,6H2,(H,7,8). The Bertz CT molecular complexity index is 196. The lowest BCUT2D eigenvalue weighted by Gasteiger charge is -2.11. The lowest BCUT2D eigenvalue weighted by molar-refractivity contribution is -0.105. The van der Waals surface area contributed by atoms with Crippen molar-refractivity contribution in [1.82, 2.24) is 10.7 Å². The van der Waals surface area contributed by atoms with Crippen molar-refractivity contribution in [3.63, 3.8) is 0 Å². The fourth-order valence-electron chi connectivity index (χ4n) is 0.620. The lowest BCUT2D eigenvalue weighted by Crippen LogP contribution is -2.29. The minimum atomic E-state index is 0.276. The number of allylic oxidation sites excluding steroid dienone is 1. The molecule has 0 fully saturated rings. The molecule has 10 heavy (non-hydrogen) atoms. The molecule has 0 atom stereocenters. The number of hydrogen-bond acceptors (Lipinski definition) is 5. The van der Waals surface area contributed by atoms with E-state index in [0.29, 0.717) is 17.7 Å². The number of nitrogens with two attached hydrogens (primary N) is 1. The third-order valence-corrected chi connectivity index (χ3v) is 1.13. The van der Waals surface area contributed by atoms with Crippen LogP contribution in [0.1, 0.15) is 0 Å². The molecule has 54 valence electrons. The molecule has 1 aliphatic rings. The van der Waals surface area contributed by atoms with Crippen LogP contribution in [0.25, 0.3) is 0 Å². The van der Waals surface area contributed by atoms with Gasteiger partial charge in [-0.25, -0.2) is 0 Å². The van der Waals surface area contributed by atoms with Crippen molar-refractivity contribution < 1.29 is 4.79 Å². The molecule has 5 nitrogen and oxygen atoms in total. The van der Waals surface area contributed by atoms with Gasteiger partial charge in [0.05, 0.1) is 5.70 Å². The number of carbonyl (C=O) groups is 1. The number of rotatable bonds is 2. The summed E-state index contributed by atoms with van der Waals surface area (Å²) in [6.45, 7) is 0.276. The monoisotopic (exact) mass is 140 g/mol. The van der Waals surface area contributed by atoms with Gasteiger partial charge in [-0.3, -0.25) is 10.2 Å². The van der Waals surface area contributed by atoms with Crippen molar-refractivity contribution in [2.75, 3.05) is 6.54 Å². The lowest BCUT2D eigenvalue weighted by atomic mass is 10.3. The molecular weight excluding hydrogens is 132 g/mol. The van der Waals surface area contributed by atoms with Gasteiger partial charge in [0.1, 0.15) is 12.0 Å². The highest BCUT2D eigenvalue weighted by atomic mass is 16.1. The number of carbonyl (C=O) groups excluding carboxylic acids is 1. The summed E-state index contributed by atoms with van der Waals surface area (Å²) in [5.74, 6) is 0. The van der Waals surface area contributed by atoms with Crippen LogP contribution in [0, 0.1) is 0 Å². The summed E-state index contributed by atoms with van der Waals surface area (Å²) in [6, 6.07) is 0. The van der Waals surface area contributed by atoms with Crippen molar-refractivity contribution in [3.05, 3.63) is 11.4 Å². The van der Waals surface area contributed by atoms with Crippen LogP contribution in [0.3, 0.4) is 0 Å². The Morgan fingerprint density at radius 3 is 3.10 bits per heavy atom. The largest absolute Gasteiger partial charge is 0.341 e. The summed E-state index contributed by atoms with van der Waals surface area (Å²) in [5.41, 5.74) is 8.93. The maximum absolute atomic E-state index is 10.3. The van der Waals surface area contributed by atoms with Gasteiger partial charge in [0.15, 0.2) is 6.29 Å². The molecule has 0 aromatic heterocycles. The molecular formula is C5H8N4O. The van der Waals surface area contributed by atoms with Gasteiger partial charge in [0, 0.05) is 6.54 Å². The summed E-state index contributed by atoms with van der Waals surface area (Å²) in [6.07, 6.45) is 2.09. The summed E-state index contributed by atoms with van der Waals surface area (Å²) in [4.78, 5) is 10.3. The molecule has 0 radical (unpaired) electrons. The molecule has 0 saturated heterocycles. The molecule has 1 heterocycles. The molecule has 0 aliphatic carbocycles. The topological polar surface area (TPSA) is 79.5 Å². The van der Waals surface area contributed by atoms with Gasteiger partial charge in [-0.05, 0) is 0 Å². The maximum Gasteiger partial charge on any atom is 0.168 e. The van der Waals surface area contributed by atoms with Crippen LogP contribution in [-0.2, 0) is 4.79 Å². The molecule has 0 spiro atoms. The zero-order valence-corrected chi connectivity index (χ0v) is 5.29. The minimum Gasteiger partial charge on any atom is -0.341 e. The smallest absolute Gasteiger partial charge is 0.168 e. The predicted molar refractivity (Wildman–Crippen MR) is 36.9 cm³/mol. The summed E-state index contributed by atoms with van der Waals surface area (Å²) in [5, 5.41) is 6.29. The Balaban J connectivity index is 2.75. The first-order valence-corrected chi connectivity index (χ1v) is 2.81. The first-order chi connectivity index (χ1) is 4.88. The van der Waals surface area contributed by atoms with Crippen LogP contribution in [0.4, 0.5) is 0 Å². The summed E-state index contributed by atoms with van der Waals surface area (Å²) >= 11 is 0. The van der Waals surface area contributed by atoms with Crippen LogP contribution >= 0.6 is 0 Å². The number of aldehydes is 1. The highest BCUT2D eigenvalue weighted by Crippen LogP contribution is 1.94. The third-order valence-electron chi connectivity index (χ3n) is 1.13. The van der Waals surface area contributed by atoms with Crippen LogP contribution in [0.2, 0.25) is 0 Å². The second-order valence-corrected chi connectivity index (χ2v) is 1.73. The van der Waals surface area contributed by atoms with Gasteiger partial charge in [-0.1, -0.05) is 0 Å². The van der Waals surface area contributed by atoms with Crippen LogP contribution in [0.15, 0.2) is 16.5 Å². The molecule has 5 heteroatoms. The zero-order valence-electron chi connectivity index (χ0n) is 5.29. The van der Waals surface area contributed by atoms with Crippen molar-refractivity contribution in [2.24, 2.45) is 10.8 Å². The number of hydrazone groups is 1. The quantitative estimate of drug-likeness (QED) is 0.407. The third kappa shape index (κ3) is 1.14. The van der Waals surface area contributed by atoms with E-state index in [0.717, 1.165) is 0 Å². The van der Waals surface area contributed by atoms with E-state index >= 15 is 0 Å². The van der Waals surface area contributed by atoms with Crippen molar-refractivity contribution in [3.8, 4) is 0 Å². The van der Waals surface area contributed by atoms with E-state index in [1.165, 1.54) is 6.34 Å². The fraction of sp³-hybridized carbons (Fsp3) is 0.200. The van der Waals surface area contributed by atoms with Crippen molar-refractivity contribution in [2.45, 2.75) is 0 Å². The van der Waals surface area contributed by atoms with Gasteiger partial charge in [-0.15, -0.1) is 0 Å². The highest BCUT2D eigenvalue weighted by Gasteiger charge is 2.04. The van der Waals surface area contributed by atoms with Crippen LogP contribution < -0.4 is 16.5 Å². The molecule has 1 rings (SSSR count). The molecule has 0 saturated carbocycles. The Kier molecular flexibility index (Phi) is 2.01. The molecule has 0 aromatic carbocycles. The average Bonchev–Trinajstić information content (AvgIpc) is 2.04. The molecule has 4 N–H and O–H groups in total.